The lowest BCUT2D eigenvalue weighted by Crippen LogP contribution is -2.17. The molecule has 1 aliphatic rings. The fourth-order valence-corrected chi connectivity index (χ4v) is 3.83. The van der Waals surface area contributed by atoms with E-state index in [1.54, 1.807) is 14.2 Å². The van der Waals surface area contributed by atoms with Crippen molar-refractivity contribution in [1.29, 1.82) is 0 Å². The first kappa shape index (κ1) is 19.3. The van der Waals surface area contributed by atoms with E-state index in [2.05, 4.69) is 4.98 Å². The van der Waals surface area contributed by atoms with Crippen molar-refractivity contribution in [2.45, 2.75) is 12.8 Å². The largest absolute Gasteiger partial charge is 0.493 e. The summed E-state index contributed by atoms with van der Waals surface area (Å²) in [5, 5.41) is 0.934. The molecule has 2 heterocycles. The average Bonchev–Trinajstić information content (AvgIpc) is 3.11. The van der Waals surface area contributed by atoms with Gasteiger partial charge in [-0.1, -0.05) is 42.5 Å². The van der Waals surface area contributed by atoms with Gasteiger partial charge in [0.1, 0.15) is 0 Å². The van der Waals surface area contributed by atoms with Crippen molar-refractivity contribution in [3.63, 3.8) is 0 Å². The molecule has 1 atom stereocenters. The molecule has 29 heavy (non-hydrogen) atoms. The van der Waals surface area contributed by atoms with Gasteiger partial charge in [0.05, 0.1) is 32.0 Å². The molecular formula is C24H25NO4. The molecular weight excluding hydrogens is 366 g/mol. The molecule has 0 bridgehead atoms. The molecule has 4 rings (SSSR count). The summed E-state index contributed by atoms with van der Waals surface area (Å²) in [6.07, 6.45) is 5.56. The third kappa shape index (κ3) is 3.78. The first-order chi connectivity index (χ1) is 14.2. The van der Waals surface area contributed by atoms with E-state index in [0.717, 1.165) is 28.5 Å². The van der Waals surface area contributed by atoms with Crippen LogP contribution in [0.25, 0.3) is 22.0 Å². The monoisotopic (exact) mass is 391 g/mol. The van der Waals surface area contributed by atoms with Crippen LogP contribution in [0.3, 0.4) is 0 Å². The molecule has 0 fully saturated rings. The van der Waals surface area contributed by atoms with Crippen molar-refractivity contribution in [2.75, 3.05) is 27.4 Å². The number of nitrogens with one attached hydrogen (secondary N) is 1. The Morgan fingerprint density at radius 1 is 1.07 bits per heavy atom. The molecule has 0 spiro atoms. The van der Waals surface area contributed by atoms with Gasteiger partial charge < -0.3 is 19.2 Å². The maximum atomic E-state index is 13.5. The summed E-state index contributed by atoms with van der Waals surface area (Å²) >= 11 is 0. The van der Waals surface area contributed by atoms with Crippen LogP contribution < -0.4 is 9.47 Å². The fourth-order valence-electron chi connectivity index (χ4n) is 3.83. The van der Waals surface area contributed by atoms with Crippen LogP contribution in [0.15, 0.2) is 54.6 Å². The number of aromatic amines is 1. The Morgan fingerprint density at radius 3 is 2.59 bits per heavy atom. The summed E-state index contributed by atoms with van der Waals surface area (Å²) in [5.74, 6) is 1.11. The van der Waals surface area contributed by atoms with Crippen LogP contribution in [0, 0.1) is 5.92 Å². The Hall–Kier alpha value is -3.05. The highest BCUT2D eigenvalue weighted by molar-refractivity contribution is 6.12. The van der Waals surface area contributed by atoms with Gasteiger partial charge in [-0.05, 0) is 24.5 Å². The Morgan fingerprint density at radius 2 is 1.83 bits per heavy atom. The first-order valence-electron chi connectivity index (χ1n) is 9.84. The van der Waals surface area contributed by atoms with Gasteiger partial charge in [0.25, 0.3) is 0 Å². The lowest BCUT2D eigenvalue weighted by molar-refractivity contribution is 0.0868. The Kier molecular flexibility index (Phi) is 5.67. The number of benzene rings is 2. The van der Waals surface area contributed by atoms with Crippen molar-refractivity contribution in [2.24, 2.45) is 5.92 Å². The number of allylic oxidation sites excluding steroid dienone is 1. The molecule has 0 saturated carbocycles. The topological polar surface area (TPSA) is 60.6 Å². The van der Waals surface area contributed by atoms with E-state index in [0.29, 0.717) is 36.8 Å². The van der Waals surface area contributed by atoms with E-state index >= 15 is 0 Å². The lowest BCUT2D eigenvalue weighted by Gasteiger charge is -2.15. The molecule has 0 radical (unpaired) electrons. The quantitative estimate of drug-likeness (QED) is 0.490. The molecule has 150 valence electrons. The summed E-state index contributed by atoms with van der Waals surface area (Å²) in [6.45, 7) is 1.29. The predicted molar refractivity (Wildman–Crippen MR) is 114 cm³/mol. The summed E-state index contributed by atoms with van der Waals surface area (Å²) in [4.78, 5) is 16.9. The first-order valence-corrected chi connectivity index (χ1v) is 9.84. The van der Waals surface area contributed by atoms with E-state index < -0.39 is 0 Å². The molecule has 1 unspecified atom stereocenters. The number of ether oxygens (including phenoxy) is 3. The number of fused-ring (bicyclic) bond motifs is 1. The number of carbonyl (C=O) groups excluding carboxylic acids is 1. The van der Waals surface area contributed by atoms with E-state index in [1.807, 2.05) is 54.6 Å². The van der Waals surface area contributed by atoms with Crippen LogP contribution in [-0.2, 0) is 4.74 Å². The molecule has 0 amide bonds. The van der Waals surface area contributed by atoms with Crippen LogP contribution >= 0.6 is 0 Å². The highest BCUT2D eigenvalue weighted by Gasteiger charge is 2.26. The molecule has 1 aliphatic heterocycles. The van der Waals surface area contributed by atoms with Crippen molar-refractivity contribution in [3.8, 4) is 22.6 Å². The summed E-state index contributed by atoms with van der Waals surface area (Å²) in [6, 6.07) is 13.8. The molecule has 2 aromatic carbocycles. The van der Waals surface area contributed by atoms with E-state index in [4.69, 9.17) is 14.2 Å². The third-order valence-electron chi connectivity index (χ3n) is 5.32. The summed E-state index contributed by atoms with van der Waals surface area (Å²) in [5.41, 5.74) is 3.33. The SMILES string of the molecule is COc1cc2[nH]c(C(=O)C3/C=C/CCOCC3)c(-c3ccccc3)c2cc1OC. The Bertz CT molecular complexity index is 1040. The van der Waals surface area contributed by atoms with Crippen molar-refractivity contribution in [3.05, 3.63) is 60.3 Å². The number of ketones is 1. The van der Waals surface area contributed by atoms with Gasteiger partial charge in [0, 0.05) is 29.5 Å². The summed E-state index contributed by atoms with van der Waals surface area (Å²) in [7, 11) is 3.22. The molecule has 5 heteroatoms. The van der Waals surface area contributed by atoms with Gasteiger partial charge in [-0.15, -0.1) is 0 Å². The number of Topliss-reactive ketones (excluding diaryl/α,β-unsaturated/α-hetero) is 1. The molecule has 1 N–H and O–H groups in total. The van der Waals surface area contributed by atoms with Gasteiger partial charge in [-0.25, -0.2) is 0 Å². The second-order valence-electron chi connectivity index (χ2n) is 7.08. The normalized spacial score (nSPS) is 18.1. The maximum Gasteiger partial charge on any atom is 0.186 e. The number of rotatable bonds is 5. The molecule has 1 aromatic heterocycles. The number of hydrogen-bond donors (Lipinski definition) is 1. The number of carbonyl (C=O) groups is 1. The van der Waals surface area contributed by atoms with E-state index in [1.165, 1.54) is 0 Å². The maximum absolute atomic E-state index is 13.5. The fraction of sp³-hybridized carbons (Fsp3) is 0.292. The minimum absolute atomic E-state index is 0.0692. The number of methoxy groups -OCH3 is 2. The van der Waals surface area contributed by atoms with Crippen molar-refractivity contribution in [1.82, 2.24) is 4.98 Å². The average molecular weight is 391 g/mol. The molecule has 3 aromatic rings. The Balaban J connectivity index is 1.90. The Labute approximate surface area is 170 Å². The zero-order valence-corrected chi connectivity index (χ0v) is 16.7. The number of H-pyrrole nitrogens is 1. The number of hydrogen-bond acceptors (Lipinski definition) is 4. The predicted octanol–water partition coefficient (Wildman–Crippen LogP) is 5.02. The van der Waals surface area contributed by atoms with Gasteiger partial charge in [-0.2, -0.15) is 0 Å². The second kappa shape index (κ2) is 8.53. The zero-order chi connectivity index (χ0) is 20.2. The van der Waals surface area contributed by atoms with Crippen molar-refractivity contribution >= 4 is 16.7 Å². The highest BCUT2D eigenvalue weighted by atomic mass is 16.5. The van der Waals surface area contributed by atoms with E-state index in [-0.39, 0.29) is 11.7 Å². The molecule has 5 nitrogen and oxygen atoms in total. The summed E-state index contributed by atoms with van der Waals surface area (Å²) < 4.78 is 16.5. The van der Waals surface area contributed by atoms with Crippen LogP contribution in [0.1, 0.15) is 23.3 Å². The van der Waals surface area contributed by atoms with Crippen LogP contribution in [0.5, 0.6) is 11.5 Å². The van der Waals surface area contributed by atoms with E-state index in [9.17, 15) is 4.79 Å². The third-order valence-corrected chi connectivity index (χ3v) is 5.32. The van der Waals surface area contributed by atoms with Crippen LogP contribution in [0.4, 0.5) is 0 Å². The minimum Gasteiger partial charge on any atom is -0.493 e. The molecule has 0 aliphatic carbocycles. The standard InChI is InChI=1S/C24H25NO4/c1-27-20-14-18-19(15-21(20)28-2)25-23(22(18)16-8-4-3-5-9-16)24(26)17-10-6-7-12-29-13-11-17/h3-6,8-10,14-15,17,25H,7,11-13H2,1-2H3/b10-6+. The zero-order valence-electron chi connectivity index (χ0n) is 16.7. The second-order valence-corrected chi connectivity index (χ2v) is 7.08. The molecule has 0 saturated heterocycles. The van der Waals surface area contributed by atoms with Gasteiger partial charge in [0.2, 0.25) is 0 Å². The van der Waals surface area contributed by atoms with Gasteiger partial charge >= 0.3 is 0 Å². The number of aromatic nitrogens is 1. The van der Waals surface area contributed by atoms with Crippen LogP contribution in [-0.4, -0.2) is 38.2 Å². The minimum atomic E-state index is -0.213. The smallest absolute Gasteiger partial charge is 0.186 e. The highest BCUT2D eigenvalue weighted by Crippen LogP contribution is 2.40. The van der Waals surface area contributed by atoms with Gasteiger partial charge in [0.15, 0.2) is 17.3 Å². The van der Waals surface area contributed by atoms with Crippen molar-refractivity contribution < 1.29 is 19.0 Å². The van der Waals surface area contributed by atoms with Crippen LogP contribution in [0.2, 0.25) is 0 Å². The lowest BCUT2D eigenvalue weighted by atomic mass is 9.92. The van der Waals surface area contributed by atoms with Gasteiger partial charge in [-0.3, -0.25) is 4.79 Å².